The van der Waals surface area contributed by atoms with Crippen LogP contribution in [0.2, 0.25) is 11.6 Å². The van der Waals surface area contributed by atoms with E-state index in [-0.39, 0.29) is 10.8 Å². The number of hydrogen-bond donors (Lipinski definition) is 0. The molecular formula is C24H34AlNO2. The highest BCUT2D eigenvalue weighted by atomic mass is 27.2. The zero-order valence-electron chi connectivity index (χ0n) is 18.9. The third-order valence-corrected chi connectivity index (χ3v) is 5.28. The minimum absolute atomic E-state index is 0.0113. The SMILES string of the molecule is COc1ccc(N=Cc2cc(C(C)(C)C)cc(C(C)(C)C)c2[O][Al]([CH3])[CH3])cc1. The molecule has 0 atom stereocenters. The van der Waals surface area contributed by atoms with Crippen LogP contribution in [-0.2, 0) is 10.8 Å². The highest BCUT2D eigenvalue weighted by Crippen LogP contribution is 2.38. The molecule has 0 saturated carbocycles. The molecule has 0 amide bonds. The molecule has 2 rings (SSSR count). The zero-order valence-corrected chi connectivity index (χ0v) is 20.0. The number of hydrogen-bond acceptors (Lipinski definition) is 3. The Morgan fingerprint density at radius 1 is 0.893 bits per heavy atom. The van der Waals surface area contributed by atoms with Gasteiger partial charge in [0.05, 0.1) is 18.5 Å². The molecule has 0 aliphatic rings. The Morgan fingerprint density at radius 3 is 1.96 bits per heavy atom. The third-order valence-electron chi connectivity index (χ3n) is 4.57. The van der Waals surface area contributed by atoms with Crippen molar-refractivity contribution in [3.63, 3.8) is 0 Å². The lowest BCUT2D eigenvalue weighted by Crippen LogP contribution is -2.22. The topological polar surface area (TPSA) is 30.8 Å². The van der Waals surface area contributed by atoms with Crippen LogP contribution in [-0.4, -0.2) is 27.8 Å². The maximum Gasteiger partial charge on any atom is 0.540 e. The van der Waals surface area contributed by atoms with Crippen molar-refractivity contribution in [2.24, 2.45) is 4.99 Å². The molecule has 0 saturated heterocycles. The smallest absolute Gasteiger partial charge is 0.540 e. The van der Waals surface area contributed by atoms with Gasteiger partial charge in [0.2, 0.25) is 0 Å². The Labute approximate surface area is 175 Å². The second-order valence-corrected chi connectivity index (χ2v) is 11.9. The number of ether oxygens (including phenoxy) is 1. The molecule has 3 nitrogen and oxygen atoms in total. The van der Waals surface area contributed by atoms with Crippen LogP contribution in [0.15, 0.2) is 41.4 Å². The number of aliphatic imine (C=N–C) groups is 1. The first-order chi connectivity index (χ1) is 12.9. The average Bonchev–Trinajstić information content (AvgIpc) is 2.58. The molecule has 0 fully saturated rings. The fourth-order valence-electron chi connectivity index (χ4n) is 2.92. The fourth-order valence-corrected chi connectivity index (χ4v) is 3.65. The van der Waals surface area contributed by atoms with Crippen molar-refractivity contribution in [1.82, 2.24) is 0 Å². The molecule has 0 aromatic heterocycles. The van der Waals surface area contributed by atoms with Gasteiger partial charge in [-0.3, -0.25) is 4.99 Å². The Bertz CT molecular complexity index is 825. The van der Waals surface area contributed by atoms with Crippen LogP contribution in [0, 0.1) is 0 Å². The second kappa shape index (κ2) is 8.72. The molecule has 0 bridgehead atoms. The van der Waals surface area contributed by atoms with Crippen LogP contribution in [0.1, 0.15) is 58.2 Å². The highest BCUT2D eigenvalue weighted by molar-refractivity contribution is 6.49. The number of rotatable bonds is 5. The van der Waals surface area contributed by atoms with Crippen molar-refractivity contribution in [3.05, 3.63) is 53.1 Å². The lowest BCUT2D eigenvalue weighted by Gasteiger charge is -2.30. The summed E-state index contributed by atoms with van der Waals surface area (Å²) in [4.78, 5) is 4.72. The van der Waals surface area contributed by atoms with Gasteiger partial charge in [-0.05, 0) is 52.3 Å². The van der Waals surface area contributed by atoms with Gasteiger partial charge in [0.25, 0.3) is 0 Å². The Balaban J connectivity index is 2.62. The summed E-state index contributed by atoms with van der Waals surface area (Å²) in [6.45, 7) is 13.5. The zero-order chi connectivity index (χ0) is 21.1. The van der Waals surface area contributed by atoms with Crippen LogP contribution < -0.4 is 8.53 Å². The van der Waals surface area contributed by atoms with Gasteiger partial charge in [-0.2, -0.15) is 0 Å². The van der Waals surface area contributed by atoms with Gasteiger partial charge >= 0.3 is 14.5 Å². The van der Waals surface area contributed by atoms with Gasteiger partial charge in [-0.1, -0.05) is 59.2 Å². The van der Waals surface area contributed by atoms with Gasteiger partial charge in [-0.15, -0.1) is 0 Å². The highest BCUT2D eigenvalue weighted by Gasteiger charge is 2.26. The van der Waals surface area contributed by atoms with E-state index in [2.05, 4.69) is 65.2 Å². The number of methoxy groups -OCH3 is 1. The average molecular weight is 396 g/mol. The van der Waals surface area contributed by atoms with Gasteiger partial charge in [-0.25, -0.2) is 0 Å². The molecular weight excluding hydrogens is 361 g/mol. The van der Waals surface area contributed by atoms with Crippen LogP contribution in [0.3, 0.4) is 0 Å². The van der Waals surface area contributed by atoms with Crippen LogP contribution >= 0.6 is 0 Å². The minimum atomic E-state index is -1.27. The predicted molar refractivity (Wildman–Crippen MR) is 122 cm³/mol. The maximum atomic E-state index is 6.42. The summed E-state index contributed by atoms with van der Waals surface area (Å²) < 4.78 is 11.7. The van der Waals surface area contributed by atoms with Crippen molar-refractivity contribution in [2.45, 2.75) is 63.9 Å². The van der Waals surface area contributed by atoms with Crippen molar-refractivity contribution >= 4 is 26.4 Å². The van der Waals surface area contributed by atoms with E-state index in [4.69, 9.17) is 13.5 Å². The second-order valence-electron chi connectivity index (χ2n) is 9.56. The minimum Gasteiger partial charge on any atom is -0.642 e. The van der Waals surface area contributed by atoms with Crippen LogP contribution in [0.5, 0.6) is 11.5 Å². The maximum absolute atomic E-state index is 6.42. The molecule has 2 aromatic rings. The summed E-state index contributed by atoms with van der Waals surface area (Å²) in [5, 5.41) is 0. The standard InChI is InChI=1S/C22H29NO2.2CH3.Al/c1-21(2,3)16-12-15(20(24)19(13-16)22(4,5)6)14-23-17-8-10-18(25-7)11-9-17;;;/h8-14,24H,1-7H3;2*1H3;/q;;;+1/p-1. The van der Waals surface area contributed by atoms with Crippen molar-refractivity contribution in [1.29, 1.82) is 0 Å². The first-order valence-electron chi connectivity index (χ1n) is 9.95. The molecule has 0 N–H and O–H groups in total. The lowest BCUT2D eigenvalue weighted by atomic mass is 9.79. The summed E-state index contributed by atoms with van der Waals surface area (Å²) in [5.41, 5.74) is 4.53. The first-order valence-corrected chi connectivity index (χ1v) is 12.7. The molecule has 0 aliphatic carbocycles. The van der Waals surface area contributed by atoms with Gasteiger partial charge < -0.3 is 8.53 Å². The van der Waals surface area contributed by atoms with E-state index in [9.17, 15) is 0 Å². The lowest BCUT2D eigenvalue weighted by molar-refractivity contribution is 0.415. The molecule has 0 heterocycles. The molecule has 0 spiro atoms. The number of nitrogens with zero attached hydrogens (tertiary/aromatic N) is 1. The normalized spacial score (nSPS) is 12.3. The van der Waals surface area contributed by atoms with Crippen molar-refractivity contribution in [3.8, 4) is 11.5 Å². The summed E-state index contributed by atoms with van der Waals surface area (Å²) in [7, 11) is 1.67. The van der Waals surface area contributed by atoms with Crippen LogP contribution in [0.25, 0.3) is 0 Å². The van der Waals surface area contributed by atoms with E-state index in [0.717, 1.165) is 22.7 Å². The van der Waals surface area contributed by atoms with E-state index in [0.29, 0.717) is 0 Å². The Hall–Kier alpha value is -1.76. The summed E-state index contributed by atoms with van der Waals surface area (Å²) in [6, 6.07) is 12.3. The third kappa shape index (κ3) is 5.87. The Kier molecular flexibility index (Phi) is 7.02. The molecule has 0 unspecified atom stereocenters. The summed E-state index contributed by atoms with van der Waals surface area (Å²) >= 11 is -1.27. The van der Waals surface area contributed by atoms with Crippen LogP contribution in [0.4, 0.5) is 5.69 Å². The molecule has 2 aromatic carbocycles. The van der Waals surface area contributed by atoms with E-state index in [1.54, 1.807) is 7.11 Å². The van der Waals surface area contributed by atoms with Crippen molar-refractivity contribution in [2.75, 3.05) is 7.11 Å². The number of benzene rings is 2. The van der Waals surface area contributed by atoms with Gasteiger partial charge in [0.15, 0.2) is 0 Å². The predicted octanol–water partition coefficient (Wildman–Crippen LogP) is 6.67. The Morgan fingerprint density at radius 2 is 1.50 bits per heavy atom. The van der Waals surface area contributed by atoms with E-state index < -0.39 is 14.5 Å². The fraction of sp³-hybridized carbons (Fsp3) is 0.458. The molecule has 4 heteroatoms. The quantitative estimate of drug-likeness (QED) is 0.418. The monoisotopic (exact) mass is 395 g/mol. The molecule has 0 radical (unpaired) electrons. The largest absolute Gasteiger partial charge is 0.642 e. The van der Waals surface area contributed by atoms with Gasteiger partial charge in [0, 0.05) is 11.8 Å². The van der Waals surface area contributed by atoms with Crippen molar-refractivity contribution < 1.29 is 8.53 Å². The molecule has 28 heavy (non-hydrogen) atoms. The summed E-state index contributed by atoms with van der Waals surface area (Å²) in [5.74, 6) is 6.22. The van der Waals surface area contributed by atoms with E-state index in [1.165, 1.54) is 11.1 Å². The van der Waals surface area contributed by atoms with E-state index in [1.807, 2.05) is 30.5 Å². The molecule has 150 valence electrons. The summed E-state index contributed by atoms with van der Waals surface area (Å²) in [6.07, 6.45) is 1.94. The van der Waals surface area contributed by atoms with E-state index >= 15 is 0 Å². The molecule has 0 aliphatic heterocycles. The first kappa shape index (κ1) is 22.5. The van der Waals surface area contributed by atoms with Gasteiger partial charge in [0.1, 0.15) is 5.75 Å².